The van der Waals surface area contributed by atoms with Crippen LogP contribution in [0.4, 0.5) is 0 Å². The van der Waals surface area contributed by atoms with Gasteiger partial charge in [-0.05, 0) is 34.8 Å². The maximum atomic E-state index is 9.70. The van der Waals surface area contributed by atoms with E-state index in [1.165, 1.54) is 16.4 Å². The van der Waals surface area contributed by atoms with Gasteiger partial charge in [0.25, 0.3) is 0 Å². The summed E-state index contributed by atoms with van der Waals surface area (Å²) in [6, 6.07) is 10.6. The molecule has 0 saturated heterocycles. The van der Waals surface area contributed by atoms with E-state index >= 15 is 0 Å². The molecule has 2 nitrogen and oxygen atoms in total. The molecule has 20 heavy (non-hydrogen) atoms. The first-order valence-corrected chi connectivity index (χ1v) is 8.71. The standard InChI is InChI=1S/C17H22INO/c18-12-6-11-16(14-9-4-5-10-14)19-17(13-20)15-7-2-1-3-8-15/h1-5,7-9,16-17,19-20H,6,10-13H2/t16-,17+/m1/s1. The molecule has 0 aromatic heterocycles. The summed E-state index contributed by atoms with van der Waals surface area (Å²) >= 11 is 2.43. The first kappa shape index (κ1) is 15.7. The monoisotopic (exact) mass is 383 g/mol. The van der Waals surface area contributed by atoms with Crippen molar-refractivity contribution in [1.29, 1.82) is 0 Å². The highest BCUT2D eigenvalue weighted by Crippen LogP contribution is 2.22. The number of aliphatic hydroxyl groups is 1. The summed E-state index contributed by atoms with van der Waals surface area (Å²) in [7, 11) is 0. The van der Waals surface area contributed by atoms with Gasteiger partial charge < -0.3 is 10.4 Å². The molecule has 2 atom stereocenters. The Hall–Kier alpha value is -0.650. The van der Waals surface area contributed by atoms with E-state index in [2.05, 4.69) is 58.3 Å². The number of halogens is 1. The van der Waals surface area contributed by atoms with Crippen molar-refractivity contribution in [2.24, 2.45) is 0 Å². The zero-order valence-corrected chi connectivity index (χ0v) is 13.8. The average Bonchev–Trinajstić information content (AvgIpc) is 3.03. The summed E-state index contributed by atoms with van der Waals surface area (Å²) in [5, 5.41) is 13.3. The fraction of sp³-hybridized carbons (Fsp3) is 0.412. The maximum absolute atomic E-state index is 9.70. The quantitative estimate of drug-likeness (QED) is 0.529. The second-order valence-electron chi connectivity index (χ2n) is 5.07. The normalized spacial score (nSPS) is 17.0. The highest BCUT2D eigenvalue weighted by Gasteiger charge is 2.19. The largest absolute Gasteiger partial charge is 0.394 e. The van der Waals surface area contributed by atoms with Crippen LogP contribution in [0.1, 0.15) is 30.9 Å². The van der Waals surface area contributed by atoms with E-state index < -0.39 is 0 Å². The Balaban J connectivity index is 2.05. The van der Waals surface area contributed by atoms with Gasteiger partial charge in [0.1, 0.15) is 0 Å². The minimum absolute atomic E-state index is 0.0110. The molecule has 1 aliphatic rings. The summed E-state index contributed by atoms with van der Waals surface area (Å²) in [6.07, 6.45) is 9.90. The third-order valence-electron chi connectivity index (χ3n) is 3.66. The SMILES string of the molecule is OC[C@H](N[C@H](CCCI)C1=CC=CC1)c1ccccc1. The molecule has 3 heteroatoms. The van der Waals surface area contributed by atoms with Crippen LogP contribution in [0, 0.1) is 0 Å². The second-order valence-corrected chi connectivity index (χ2v) is 6.15. The number of nitrogens with one attached hydrogen (secondary N) is 1. The van der Waals surface area contributed by atoms with Crippen molar-refractivity contribution in [3.8, 4) is 0 Å². The Morgan fingerprint density at radius 1 is 1.20 bits per heavy atom. The fourth-order valence-electron chi connectivity index (χ4n) is 2.56. The van der Waals surface area contributed by atoms with Crippen molar-refractivity contribution >= 4 is 22.6 Å². The minimum atomic E-state index is 0.0110. The van der Waals surface area contributed by atoms with Crippen LogP contribution in [-0.2, 0) is 0 Å². The number of allylic oxidation sites excluding steroid dienone is 3. The number of hydrogen-bond donors (Lipinski definition) is 2. The molecule has 1 aromatic carbocycles. The predicted molar refractivity (Wildman–Crippen MR) is 93.2 cm³/mol. The van der Waals surface area contributed by atoms with Crippen LogP contribution < -0.4 is 5.32 Å². The molecule has 0 saturated carbocycles. The molecule has 0 spiro atoms. The van der Waals surface area contributed by atoms with E-state index in [0.29, 0.717) is 6.04 Å². The predicted octanol–water partition coefficient (Wildman–Crippen LogP) is 3.78. The highest BCUT2D eigenvalue weighted by molar-refractivity contribution is 14.1. The van der Waals surface area contributed by atoms with E-state index in [-0.39, 0.29) is 12.6 Å². The summed E-state index contributed by atoms with van der Waals surface area (Å²) < 4.78 is 1.17. The summed E-state index contributed by atoms with van der Waals surface area (Å²) in [4.78, 5) is 0. The van der Waals surface area contributed by atoms with Crippen LogP contribution in [0.15, 0.2) is 54.1 Å². The highest BCUT2D eigenvalue weighted by atomic mass is 127. The topological polar surface area (TPSA) is 32.3 Å². The molecule has 0 amide bonds. The third-order valence-corrected chi connectivity index (χ3v) is 4.42. The number of aliphatic hydroxyl groups excluding tert-OH is 1. The van der Waals surface area contributed by atoms with Gasteiger partial charge in [-0.1, -0.05) is 71.2 Å². The van der Waals surface area contributed by atoms with Crippen LogP contribution in [0.25, 0.3) is 0 Å². The lowest BCUT2D eigenvalue weighted by molar-refractivity contribution is 0.235. The van der Waals surface area contributed by atoms with Crippen LogP contribution in [0.2, 0.25) is 0 Å². The van der Waals surface area contributed by atoms with Gasteiger partial charge in [0.15, 0.2) is 0 Å². The maximum Gasteiger partial charge on any atom is 0.0626 e. The molecule has 0 heterocycles. The van der Waals surface area contributed by atoms with Crippen molar-refractivity contribution < 1.29 is 5.11 Å². The van der Waals surface area contributed by atoms with Crippen molar-refractivity contribution in [1.82, 2.24) is 5.32 Å². The minimum Gasteiger partial charge on any atom is -0.394 e. The fourth-order valence-corrected chi connectivity index (χ4v) is 3.00. The number of alkyl halides is 1. The van der Waals surface area contributed by atoms with Gasteiger partial charge in [0.05, 0.1) is 12.6 Å². The molecule has 0 aliphatic heterocycles. The van der Waals surface area contributed by atoms with Crippen molar-refractivity contribution in [2.75, 3.05) is 11.0 Å². The Labute approximate surface area is 135 Å². The number of benzene rings is 1. The summed E-state index contributed by atoms with van der Waals surface area (Å²) in [6.45, 7) is 0.130. The van der Waals surface area contributed by atoms with Crippen LogP contribution >= 0.6 is 22.6 Å². The molecule has 0 radical (unpaired) electrons. The van der Waals surface area contributed by atoms with Crippen molar-refractivity contribution in [3.63, 3.8) is 0 Å². The molecule has 0 fully saturated rings. The Morgan fingerprint density at radius 2 is 2.00 bits per heavy atom. The van der Waals surface area contributed by atoms with E-state index in [0.717, 1.165) is 18.4 Å². The second kappa shape index (κ2) is 8.60. The first-order valence-electron chi connectivity index (χ1n) is 7.18. The zero-order chi connectivity index (χ0) is 14.2. The molecule has 108 valence electrons. The lowest BCUT2D eigenvalue weighted by Crippen LogP contribution is -2.36. The molecule has 0 unspecified atom stereocenters. The average molecular weight is 383 g/mol. The van der Waals surface area contributed by atoms with E-state index in [1.807, 2.05) is 18.2 Å². The van der Waals surface area contributed by atoms with Gasteiger partial charge in [0.2, 0.25) is 0 Å². The third kappa shape index (κ3) is 4.43. The van der Waals surface area contributed by atoms with Gasteiger partial charge >= 0.3 is 0 Å². The van der Waals surface area contributed by atoms with Crippen LogP contribution in [-0.4, -0.2) is 22.2 Å². The number of rotatable bonds is 8. The zero-order valence-electron chi connectivity index (χ0n) is 11.6. The van der Waals surface area contributed by atoms with Crippen LogP contribution in [0.5, 0.6) is 0 Å². The van der Waals surface area contributed by atoms with Crippen molar-refractivity contribution in [3.05, 3.63) is 59.7 Å². The lowest BCUT2D eigenvalue weighted by atomic mass is 9.98. The summed E-state index contributed by atoms with van der Waals surface area (Å²) in [5.74, 6) is 0. The van der Waals surface area contributed by atoms with Crippen molar-refractivity contribution in [2.45, 2.75) is 31.3 Å². The van der Waals surface area contributed by atoms with Gasteiger partial charge in [-0.3, -0.25) is 0 Å². The smallest absolute Gasteiger partial charge is 0.0626 e. The van der Waals surface area contributed by atoms with Gasteiger partial charge in [0, 0.05) is 6.04 Å². The van der Waals surface area contributed by atoms with Gasteiger partial charge in [-0.15, -0.1) is 0 Å². The van der Waals surface area contributed by atoms with Gasteiger partial charge in [-0.25, -0.2) is 0 Å². The van der Waals surface area contributed by atoms with E-state index in [9.17, 15) is 5.11 Å². The Bertz CT molecular complexity index is 455. The molecule has 2 N–H and O–H groups in total. The van der Waals surface area contributed by atoms with Gasteiger partial charge in [-0.2, -0.15) is 0 Å². The van der Waals surface area contributed by atoms with Crippen LogP contribution in [0.3, 0.4) is 0 Å². The molecule has 1 aliphatic carbocycles. The first-order chi connectivity index (χ1) is 9.85. The molecule has 1 aromatic rings. The van der Waals surface area contributed by atoms with E-state index in [4.69, 9.17) is 0 Å². The number of hydrogen-bond acceptors (Lipinski definition) is 2. The summed E-state index contributed by atoms with van der Waals surface area (Å²) in [5.41, 5.74) is 2.59. The Morgan fingerprint density at radius 3 is 2.60 bits per heavy atom. The molecular formula is C17H22INO. The molecule has 2 rings (SSSR count). The Kier molecular flexibility index (Phi) is 6.76. The molecule has 0 bridgehead atoms. The molecular weight excluding hydrogens is 361 g/mol. The lowest BCUT2D eigenvalue weighted by Gasteiger charge is -2.26. The van der Waals surface area contributed by atoms with E-state index in [1.54, 1.807) is 0 Å².